The first-order valence-corrected chi connectivity index (χ1v) is 9.60. The van der Waals surface area contributed by atoms with E-state index in [1.165, 1.54) is 0 Å². The zero-order valence-corrected chi connectivity index (χ0v) is 14.5. The third-order valence-corrected chi connectivity index (χ3v) is 7.33. The van der Waals surface area contributed by atoms with Gasteiger partial charge in [-0.25, -0.2) is 8.42 Å². The van der Waals surface area contributed by atoms with Crippen LogP contribution < -0.4 is 0 Å². The fourth-order valence-electron chi connectivity index (χ4n) is 4.07. The second-order valence-electron chi connectivity index (χ2n) is 6.63. The number of likely N-dealkylation sites (N-methyl/N-ethyl adjacent to an activating group) is 1. The Morgan fingerprint density at radius 2 is 1.82 bits per heavy atom. The fraction of sp³-hybridized carbons (Fsp3) is 0.800. The van der Waals surface area contributed by atoms with Crippen molar-refractivity contribution in [3.05, 3.63) is 11.4 Å². The number of aryl methyl sites for hydroxylation is 2. The minimum atomic E-state index is -3.48. The summed E-state index contributed by atoms with van der Waals surface area (Å²) in [7, 11) is -1.34. The monoisotopic (exact) mass is 326 g/mol. The lowest BCUT2D eigenvalue weighted by atomic mass is 9.95. The van der Waals surface area contributed by atoms with E-state index in [2.05, 4.69) is 22.1 Å². The number of nitrogens with zero attached hydrogens (tertiary/aromatic N) is 3. The zero-order chi connectivity index (χ0) is 15.9. The molecule has 1 N–H and O–H groups in total. The molecule has 2 saturated heterocycles. The van der Waals surface area contributed by atoms with Crippen molar-refractivity contribution >= 4 is 10.0 Å². The summed E-state index contributed by atoms with van der Waals surface area (Å²) >= 11 is 0. The molecule has 1 aromatic heterocycles. The van der Waals surface area contributed by atoms with E-state index in [-0.39, 0.29) is 6.04 Å². The van der Waals surface area contributed by atoms with Gasteiger partial charge in [0.25, 0.3) is 0 Å². The lowest BCUT2D eigenvalue weighted by Crippen LogP contribution is -2.55. The molecular weight excluding hydrogens is 300 g/mol. The molecule has 0 amide bonds. The van der Waals surface area contributed by atoms with Crippen molar-refractivity contribution in [2.24, 2.45) is 0 Å². The molecule has 0 saturated carbocycles. The predicted molar refractivity (Wildman–Crippen MR) is 85.2 cm³/mol. The quantitative estimate of drug-likeness (QED) is 0.897. The summed E-state index contributed by atoms with van der Waals surface area (Å²) in [6.07, 6.45) is 5.24. The Balaban J connectivity index is 1.99. The molecule has 2 atom stereocenters. The highest BCUT2D eigenvalue weighted by molar-refractivity contribution is 7.89. The van der Waals surface area contributed by atoms with Crippen molar-refractivity contribution in [2.75, 3.05) is 20.1 Å². The minimum absolute atomic E-state index is 0.0972. The van der Waals surface area contributed by atoms with E-state index in [9.17, 15) is 8.42 Å². The summed E-state index contributed by atoms with van der Waals surface area (Å²) < 4.78 is 28.2. The van der Waals surface area contributed by atoms with Crippen LogP contribution in [0.5, 0.6) is 0 Å². The number of H-pyrrole nitrogens is 1. The first-order valence-electron chi connectivity index (χ1n) is 8.16. The van der Waals surface area contributed by atoms with Gasteiger partial charge in [0.2, 0.25) is 10.0 Å². The minimum Gasteiger partial charge on any atom is -0.302 e. The van der Waals surface area contributed by atoms with E-state index in [0.29, 0.717) is 28.9 Å². The Labute approximate surface area is 132 Å². The average molecular weight is 326 g/mol. The molecule has 0 bridgehead atoms. The van der Waals surface area contributed by atoms with Crippen molar-refractivity contribution in [3.63, 3.8) is 0 Å². The summed E-state index contributed by atoms with van der Waals surface area (Å²) in [5, 5.41) is 6.88. The number of likely N-dealkylation sites (tertiary alicyclic amines) is 1. The lowest BCUT2D eigenvalue weighted by molar-refractivity contribution is 0.115. The Morgan fingerprint density at radius 3 is 2.50 bits per heavy atom. The Morgan fingerprint density at radius 1 is 1.09 bits per heavy atom. The molecule has 3 rings (SSSR count). The van der Waals surface area contributed by atoms with Crippen LogP contribution in [0.3, 0.4) is 0 Å². The maximum atomic E-state index is 13.2. The number of hydrogen-bond acceptors (Lipinski definition) is 4. The van der Waals surface area contributed by atoms with Gasteiger partial charge in [-0.3, -0.25) is 5.10 Å². The molecule has 124 valence electrons. The van der Waals surface area contributed by atoms with Gasteiger partial charge < -0.3 is 4.90 Å². The van der Waals surface area contributed by atoms with Crippen LogP contribution in [-0.2, 0) is 10.0 Å². The molecule has 22 heavy (non-hydrogen) atoms. The van der Waals surface area contributed by atoms with Crippen LogP contribution >= 0.6 is 0 Å². The lowest BCUT2D eigenvalue weighted by Gasteiger charge is -2.42. The molecule has 7 heteroatoms. The third kappa shape index (κ3) is 2.59. The van der Waals surface area contributed by atoms with Crippen LogP contribution in [0.15, 0.2) is 4.90 Å². The molecular formula is C15H26N4O2S. The molecule has 2 fully saturated rings. The van der Waals surface area contributed by atoms with E-state index < -0.39 is 10.0 Å². The highest BCUT2D eigenvalue weighted by Crippen LogP contribution is 2.33. The van der Waals surface area contributed by atoms with Crippen LogP contribution in [0.4, 0.5) is 0 Å². The number of rotatable bonds is 2. The standard InChI is InChI=1S/C15H26N4O2S/c1-11-15(12(2)17-16-11)22(20,21)19-10-6-8-13-14(19)7-4-5-9-18(13)3/h13-14H,4-10H2,1-3H3,(H,16,17)/t13-,14-/m1/s1. The second kappa shape index (κ2) is 5.94. The number of fused-ring (bicyclic) bond motifs is 1. The Kier molecular flexibility index (Phi) is 4.31. The molecule has 6 nitrogen and oxygen atoms in total. The topological polar surface area (TPSA) is 69.3 Å². The highest BCUT2D eigenvalue weighted by Gasteiger charge is 2.42. The molecule has 3 heterocycles. The second-order valence-corrected chi connectivity index (χ2v) is 8.46. The molecule has 0 aromatic carbocycles. The van der Waals surface area contributed by atoms with E-state index in [1.807, 2.05) is 0 Å². The van der Waals surface area contributed by atoms with E-state index in [0.717, 1.165) is 38.6 Å². The largest absolute Gasteiger partial charge is 0.302 e. The number of nitrogens with one attached hydrogen (secondary N) is 1. The van der Waals surface area contributed by atoms with Gasteiger partial charge in [0, 0.05) is 18.6 Å². The van der Waals surface area contributed by atoms with Gasteiger partial charge in [0.05, 0.1) is 11.4 Å². The molecule has 2 aliphatic heterocycles. The number of sulfonamides is 1. The smallest absolute Gasteiger partial charge is 0.247 e. The summed E-state index contributed by atoms with van der Waals surface area (Å²) in [5.41, 5.74) is 1.21. The Bertz CT molecular complexity index is 620. The van der Waals surface area contributed by atoms with Crippen molar-refractivity contribution in [1.29, 1.82) is 0 Å². The fourth-order valence-corrected chi connectivity index (χ4v) is 6.13. The summed E-state index contributed by atoms with van der Waals surface area (Å²) in [4.78, 5) is 2.73. The van der Waals surface area contributed by atoms with E-state index >= 15 is 0 Å². The van der Waals surface area contributed by atoms with E-state index in [1.54, 1.807) is 18.2 Å². The normalized spacial score (nSPS) is 28.3. The maximum Gasteiger partial charge on any atom is 0.247 e. The van der Waals surface area contributed by atoms with Gasteiger partial charge in [-0.1, -0.05) is 6.42 Å². The van der Waals surface area contributed by atoms with Gasteiger partial charge in [-0.05, 0) is 53.1 Å². The van der Waals surface area contributed by atoms with E-state index in [4.69, 9.17) is 0 Å². The van der Waals surface area contributed by atoms with Crippen molar-refractivity contribution < 1.29 is 8.42 Å². The van der Waals surface area contributed by atoms with Crippen molar-refractivity contribution in [2.45, 2.75) is 62.9 Å². The molecule has 0 aliphatic carbocycles. The summed E-state index contributed by atoms with van der Waals surface area (Å²) in [6.45, 7) is 5.24. The third-order valence-electron chi connectivity index (χ3n) is 5.15. The molecule has 1 aromatic rings. The summed E-state index contributed by atoms with van der Waals surface area (Å²) in [6, 6.07) is 0.443. The SMILES string of the molecule is Cc1n[nH]c(C)c1S(=O)(=O)N1CCC[C@@H]2[C@H]1CCCCN2C. The van der Waals surface area contributed by atoms with Crippen LogP contribution in [-0.4, -0.2) is 60.0 Å². The van der Waals surface area contributed by atoms with Gasteiger partial charge >= 0.3 is 0 Å². The molecule has 0 unspecified atom stereocenters. The zero-order valence-electron chi connectivity index (χ0n) is 13.7. The van der Waals surface area contributed by atoms with Crippen LogP contribution in [0.1, 0.15) is 43.5 Å². The van der Waals surface area contributed by atoms with Crippen LogP contribution in [0.25, 0.3) is 0 Å². The molecule has 2 aliphatic rings. The number of aromatic nitrogens is 2. The average Bonchev–Trinajstić information content (AvgIpc) is 2.71. The first kappa shape index (κ1) is 16.0. The van der Waals surface area contributed by atoms with Crippen molar-refractivity contribution in [3.8, 4) is 0 Å². The van der Waals surface area contributed by atoms with Crippen LogP contribution in [0.2, 0.25) is 0 Å². The number of hydrogen-bond donors (Lipinski definition) is 1. The highest BCUT2D eigenvalue weighted by atomic mass is 32.2. The van der Waals surface area contributed by atoms with Gasteiger partial charge in [0.15, 0.2) is 0 Å². The molecule has 0 radical (unpaired) electrons. The Hall–Kier alpha value is -0.920. The van der Waals surface area contributed by atoms with Gasteiger partial charge in [0.1, 0.15) is 4.90 Å². The number of piperidine rings is 1. The van der Waals surface area contributed by atoms with Gasteiger partial charge in [-0.2, -0.15) is 9.40 Å². The molecule has 0 spiro atoms. The summed E-state index contributed by atoms with van der Waals surface area (Å²) in [5.74, 6) is 0. The predicted octanol–water partition coefficient (Wildman–Crippen LogP) is 1.66. The first-order chi connectivity index (χ1) is 10.4. The van der Waals surface area contributed by atoms with Crippen LogP contribution in [0, 0.1) is 13.8 Å². The van der Waals surface area contributed by atoms with Crippen molar-refractivity contribution in [1.82, 2.24) is 19.4 Å². The maximum absolute atomic E-state index is 13.2. The van der Waals surface area contributed by atoms with Gasteiger partial charge in [-0.15, -0.1) is 0 Å². The number of aromatic amines is 1.